The normalized spacial score (nSPS) is 10.9. The molecule has 0 unspecified atom stereocenters. The van der Waals surface area contributed by atoms with Gasteiger partial charge in [0.05, 0.1) is 12.1 Å². The van der Waals surface area contributed by atoms with Crippen molar-refractivity contribution in [2.24, 2.45) is 7.05 Å². The highest BCUT2D eigenvalue weighted by atomic mass is 79.9. The highest BCUT2D eigenvalue weighted by molar-refractivity contribution is 9.10. The highest BCUT2D eigenvalue weighted by Gasteiger charge is 2.15. The monoisotopic (exact) mass is 421 g/mol. The van der Waals surface area contributed by atoms with E-state index in [9.17, 15) is 9.18 Å². The number of likely N-dealkylation sites (N-methyl/N-ethyl adjacent to an activating group) is 1. The Hall–Kier alpha value is -2.61. The van der Waals surface area contributed by atoms with Gasteiger partial charge in [0.1, 0.15) is 23.9 Å². The Bertz CT molecular complexity index is 974. The lowest BCUT2D eigenvalue weighted by atomic mass is 10.1. The molecule has 1 N–H and O–H groups in total. The number of carboxylic acid groups (broad SMARTS) is 1. The summed E-state index contributed by atoms with van der Waals surface area (Å²) in [6, 6.07) is 10.3. The first kappa shape index (κ1) is 18.2. The Morgan fingerprint density at radius 1 is 1.35 bits per heavy atom. The molecular weight excluding hydrogens is 405 g/mol. The average Bonchev–Trinajstić information content (AvgIpc) is 2.91. The minimum absolute atomic E-state index is 0.141. The van der Waals surface area contributed by atoms with Crippen molar-refractivity contribution < 1.29 is 19.0 Å². The number of nitrogens with zero attached hydrogens (tertiary/aromatic N) is 3. The minimum Gasteiger partial charge on any atom is -0.492 e. The summed E-state index contributed by atoms with van der Waals surface area (Å²) in [6.07, 6.45) is -1.04. The highest BCUT2D eigenvalue weighted by Crippen LogP contribution is 2.32. The first-order chi connectivity index (χ1) is 12.4. The maximum atomic E-state index is 14.6. The zero-order valence-electron chi connectivity index (χ0n) is 14.2. The van der Waals surface area contributed by atoms with Crippen molar-refractivity contribution >= 4 is 32.9 Å². The molecule has 3 aromatic rings. The number of halogens is 2. The maximum absolute atomic E-state index is 14.6. The van der Waals surface area contributed by atoms with Gasteiger partial charge < -0.3 is 14.7 Å². The number of aryl methyl sites for hydroxylation is 1. The van der Waals surface area contributed by atoms with Crippen molar-refractivity contribution in [2.45, 2.75) is 0 Å². The van der Waals surface area contributed by atoms with E-state index in [4.69, 9.17) is 9.84 Å². The predicted octanol–water partition coefficient (Wildman–Crippen LogP) is 4.13. The summed E-state index contributed by atoms with van der Waals surface area (Å²) in [5, 5.41) is 14.1. The Labute approximate surface area is 157 Å². The molecule has 0 atom stereocenters. The molecule has 26 heavy (non-hydrogen) atoms. The molecule has 136 valence electrons. The molecule has 1 aromatic heterocycles. The number of hydrogen-bond acceptors (Lipinski definition) is 3. The molecule has 8 heteroatoms. The zero-order chi connectivity index (χ0) is 18.8. The van der Waals surface area contributed by atoms with Crippen LogP contribution in [0.4, 0.5) is 9.18 Å². The van der Waals surface area contributed by atoms with Gasteiger partial charge in [-0.1, -0.05) is 15.9 Å². The van der Waals surface area contributed by atoms with Gasteiger partial charge in [0.2, 0.25) is 0 Å². The van der Waals surface area contributed by atoms with Crippen LogP contribution in [0.25, 0.3) is 22.2 Å². The maximum Gasteiger partial charge on any atom is 0.407 e. The summed E-state index contributed by atoms with van der Waals surface area (Å²) in [4.78, 5) is 11.8. The van der Waals surface area contributed by atoms with Crippen LogP contribution in [0.1, 0.15) is 0 Å². The number of hydrogen-bond donors (Lipinski definition) is 1. The summed E-state index contributed by atoms with van der Waals surface area (Å²) in [6.45, 7) is 0.334. The molecule has 2 aromatic carbocycles. The van der Waals surface area contributed by atoms with Crippen LogP contribution in [-0.2, 0) is 7.05 Å². The van der Waals surface area contributed by atoms with E-state index >= 15 is 0 Å². The van der Waals surface area contributed by atoms with E-state index in [-0.39, 0.29) is 13.2 Å². The van der Waals surface area contributed by atoms with E-state index in [0.717, 1.165) is 20.3 Å². The average molecular weight is 422 g/mol. The molecule has 3 rings (SSSR count). The van der Waals surface area contributed by atoms with E-state index in [0.29, 0.717) is 17.0 Å². The third kappa shape index (κ3) is 3.65. The van der Waals surface area contributed by atoms with Gasteiger partial charge in [0, 0.05) is 35.6 Å². The van der Waals surface area contributed by atoms with Crippen LogP contribution in [0.5, 0.6) is 5.75 Å². The summed E-state index contributed by atoms with van der Waals surface area (Å²) in [7, 11) is 3.26. The third-order valence-corrected chi connectivity index (χ3v) is 4.52. The number of amides is 1. The molecule has 0 fully saturated rings. The lowest BCUT2D eigenvalue weighted by Crippen LogP contribution is -2.29. The zero-order valence-corrected chi connectivity index (χ0v) is 15.8. The smallest absolute Gasteiger partial charge is 0.407 e. The standard InChI is InChI=1S/C18H17BrFN3O3/c1-22(18(24)25)7-8-26-12-4-6-13(15(20)10-12)17-14-5-3-11(19)9-16(14)23(2)21-17/h3-6,9-10H,7-8H2,1-2H3,(H,24,25). The molecule has 0 radical (unpaired) electrons. The number of benzene rings is 2. The molecule has 1 heterocycles. The predicted molar refractivity (Wildman–Crippen MR) is 100.0 cm³/mol. The Balaban J connectivity index is 1.83. The molecule has 0 aliphatic heterocycles. The first-order valence-electron chi connectivity index (χ1n) is 7.86. The summed E-state index contributed by atoms with van der Waals surface area (Å²) in [5.74, 6) is -0.106. The fraction of sp³-hybridized carbons (Fsp3) is 0.222. The lowest BCUT2D eigenvalue weighted by molar-refractivity contribution is 0.147. The second kappa shape index (κ2) is 7.33. The summed E-state index contributed by atoms with van der Waals surface area (Å²) < 4.78 is 22.7. The summed E-state index contributed by atoms with van der Waals surface area (Å²) >= 11 is 3.43. The van der Waals surface area contributed by atoms with Crippen molar-refractivity contribution in [1.82, 2.24) is 14.7 Å². The van der Waals surface area contributed by atoms with Crippen LogP contribution in [0.15, 0.2) is 40.9 Å². The van der Waals surface area contributed by atoms with Gasteiger partial charge in [0.25, 0.3) is 0 Å². The van der Waals surface area contributed by atoms with Crippen LogP contribution in [0.3, 0.4) is 0 Å². The third-order valence-electron chi connectivity index (χ3n) is 4.03. The van der Waals surface area contributed by atoms with E-state index in [2.05, 4.69) is 21.0 Å². The van der Waals surface area contributed by atoms with E-state index in [1.165, 1.54) is 13.1 Å². The van der Waals surface area contributed by atoms with E-state index < -0.39 is 11.9 Å². The fourth-order valence-corrected chi connectivity index (χ4v) is 2.95. The van der Waals surface area contributed by atoms with Gasteiger partial charge in [-0.25, -0.2) is 9.18 Å². The number of aromatic nitrogens is 2. The molecule has 0 aliphatic rings. The van der Waals surface area contributed by atoms with Gasteiger partial charge in [-0.3, -0.25) is 4.68 Å². The van der Waals surface area contributed by atoms with Gasteiger partial charge in [-0.15, -0.1) is 0 Å². The minimum atomic E-state index is -1.04. The topological polar surface area (TPSA) is 67.6 Å². The second-order valence-corrected chi connectivity index (χ2v) is 6.74. The van der Waals surface area contributed by atoms with Gasteiger partial charge in [-0.2, -0.15) is 5.10 Å². The first-order valence-corrected chi connectivity index (χ1v) is 8.65. The molecule has 1 amide bonds. The Kier molecular flexibility index (Phi) is 5.13. The van der Waals surface area contributed by atoms with Crippen molar-refractivity contribution in [3.63, 3.8) is 0 Å². The van der Waals surface area contributed by atoms with Gasteiger partial charge in [0.15, 0.2) is 0 Å². The van der Waals surface area contributed by atoms with Crippen molar-refractivity contribution in [1.29, 1.82) is 0 Å². The van der Waals surface area contributed by atoms with Crippen LogP contribution in [-0.4, -0.2) is 46.1 Å². The Morgan fingerprint density at radius 3 is 2.81 bits per heavy atom. The molecule has 0 spiro atoms. The van der Waals surface area contributed by atoms with Crippen LogP contribution in [0.2, 0.25) is 0 Å². The number of fused-ring (bicyclic) bond motifs is 1. The summed E-state index contributed by atoms with van der Waals surface area (Å²) in [5.41, 5.74) is 1.84. The van der Waals surface area contributed by atoms with E-state index in [1.807, 2.05) is 25.2 Å². The van der Waals surface area contributed by atoms with Crippen LogP contribution >= 0.6 is 15.9 Å². The largest absolute Gasteiger partial charge is 0.492 e. The molecular formula is C18H17BrFN3O3. The van der Waals surface area contributed by atoms with Crippen molar-refractivity contribution in [3.05, 3.63) is 46.7 Å². The quantitative estimate of drug-likeness (QED) is 0.672. The molecule has 0 bridgehead atoms. The van der Waals surface area contributed by atoms with Gasteiger partial charge >= 0.3 is 6.09 Å². The van der Waals surface area contributed by atoms with Crippen molar-refractivity contribution in [2.75, 3.05) is 20.2 Å². The lowest BCUT2D eigenvalue weighted by Gasteiger charge is -2.13. The second-order valence-electron chi connectivity index (χ2n) is 5.83. The number of carbonyl (C=O) groups is 1. The fourth-order valence-electron chi connectivity index (χ4n) is 2.60. The number of rotatable bonds is 5. The molecule has 0 aliphatic carbocycles. The van der Waals surface area contributed by atoms with Crippen molar-refractivity contribution in [3.8, 4) is 17.0 Å². The van der Waals surface area contributed by atoms with E-state index in [1.54, 1.807) is 16.8 Å². The number of ether oxygens (including phenoxy) is 1. The SMILES string of the molecule is CN(CCOc1ccc(-c2nn(C)c3cc(Br)ccc23)c(F)c1)C(=O)O. The van der Waals surface area contributed by atoms with Crippen LogP contribution < -0.4 is 4.74 Å². The molecule has 0 saturated carbocycles. The van der Waals surface area contributed by atoms with Gasteiger partial charge in [-0.05, 0) is 30.3 Å². The molecule has 6 nitrogen and oxygen atoms in total. The van der Waals surface area contributed by atoms with Crippen LogP contribution in [0, 0.1) is 5.82 Å². The Morgan fingerprint density at radius 2 is 2.12 bits per heavy atom. The molecule has 0 saturated heterocycles.